The van der Waals surface area contributed by atoms with Crippen LogP contribution in [0.2, 0.25) is 0 Å². The number of nitrogens with zero attached hydrogens (tertiary/aromatic N) is 2. The monoisotopic (exact) mass is 488 g/mol. The van der Waals surface area contributed by atoms with Gasteiger partial charge in [-0.25, -0.2) is 4.98 Å². The summed E-state index contributed by atoms with van der Waals surface area (Å²) >= 11 is 0. The molecular formula is C16H24F3IN4O2. The second-order valence-electron chi connectivity index (χ2n) is 6.09. The fourth-order valence-electron chi connectivity index (χ4n) is 2.45. The molecule has 10 heteroatoms. The first-order chi connectivity index (χ1) is 11.8. The van der Waals surface area contributed by atoms with Crippen LogP contribution < -0.4 is 15.4 Å². The van der Waals surface area contributed by atoms with E-state index in [1.54, 1.807) is 13.1 Å². The average molecular weight is 488 g/mol. The van der Waals surface area contributed by atoms with Gasteiger partial charge in [0.1, 0.15) is 0 Å². The number of aliphatic imine (C=N–C) groups is 1. The third kappa shape index (κ3) is 7.94. The molecule has 1 fully saturated rings. The summed E-state index contributed by atoms with van der Waals surface area (Å²) in [5, 5.41) is 6.30. The third-order valence-electron chi connectivity index (χ3n) is 3.80. The van der Waals surface area contributed by atoms with Gasteiger partial charge < -0.3 is 20.1 Å². The topological polar surface area (TPSA) is 67.8 Å². The van der Waals surface area contributed by atoms with E-state index in [4.69, 9.17) is 4.74 Å². The number of pyridine rings is 1. The first kappa shape index (κ1) is 22.7. The molecule has 0 aromatic carbocycles. The van der Waals surface area contributed by atoms with Gasteiger partial charge in [-0.3, -0.25) is 4.99 Å². The van der Waals surface area contributed by atoms with Gasteiger partial charge in [0.25, 0.3) is 0 Å². The number of hydrogen-bond donors (Lipinski definition) is 2. The van der Waals surface area contributed by atoms with Gasteiger partial charge in [0.05, 0.1) is 5.60 Å². The molecule has 0 amide bonds. The third-order valence-corrected chi connectivity index (χ3v) is 3.80. The standard InChI is InChI=1S/C16H23F3N4O2.HI/c1-15(5-3-7-25-15)10-23-14(20-2)22-9-12-4-6-21-13(8-12)24-11-16(17,18)19;/h4,6,8H,3,5,7,9-11H2,1-2H3,(H2,20,22,23);1H. The zero-order valence-corrected chi connectivity index (χ0v) is 17.1. The first-order valence-electron chi connectivity index (χ1n) is 8.03. The van der Waals surface area contributed by atoms with Gasteiger partial charge >= 0.3 is 6.18 Å². The summed E-state index contributed by atoms with van der Waals surface area (Å²) in [7, 11) is 1.65. The summed E-state index contributed by atoms with van der Waals surface area (Å²) in [5.41, 5.74) is 0.533. The lowest BCUT2D eigenvalue weighted by Crippen LogP contribution is -2.45. The molecule has 1 aromatic rings. The van der Waals surface area contributed by atoms with E-state index in [0.717, 1.165) is 25.0 Å². The molecule has 1 atom stereocenters. The van der Waals surface area contributed by atoms with E-state index in [9.17, 15) is 13.2 Å². The van der Waals surface area contributed by atoms with Crippen LogP contribution >= 0.6 is 24.0 Å². The Bertz CT molecular complexity index is 593. The van der Waals surface area contributed by atoms with Gasteiger partial charge in [0.2, 0.25) is 5.88 Å². The molecule has 0 bridgehead atoms. The molecule has 0 aliphatic carbocycles. The highest BCUT2D eigenvalue weighted by molar-refractivity contribution is 14.0. The molecule has 2 N–H and O–H groups in total. The smallest absolute Gasteiger partial charge is 0.422 e. The van der Waals surface area contributed by atoms with Crippen LogP contribution in [0.3, 0.4) is 0 Å². The molecular weight excluding hydrogens is 464 g/mol. The molecule has 0 radical (unpaired) electrons. The maximum Gasteiger partial charge on any atom is 0.422 e. The van der Waals surface area contributed by atoms with Crippen molar-refractivity contribution in [2.45, 2.75) is 38.1 Å². The number of hydrogen-bond acceptors (Lipinski definition) is 4. The van der Waals surface area contributed by atoms with Crippen molar-refractivity contribution >= 4 is 29.9 Å². The van der Waals surface area contributed by atoms with E-state index in [-0.39, 0.29) is 35.5 Å². The zero-order chi connectivity index (χ0) is 18.3. The highest BCUT2D eigenvalue weighted by atomic mass is 127. The Morgan fingerprint density at radius 2 is 2.19 bits per heavy atom. The number of nitrogens with one attached hydrogen (secondary N) is 2. The van der Waals surface area contributed by atoms with Crippen molar-refractivity contribution in [2.24, 2.45) is 4.99 Å². The van der Waals surface area contributed by atoms with Crippen molar-refractivity contribution in [2.75, 3.05) is 26.8 Å². The summed E-state index contributed by atoms with van der Waals surface area (Å²) in [6.07, 6.45) is -0.949. The van der Waals surface area contributed by atoms with Crippen molar-refractivity contribution in [1.82, 2.24) is 15.6 Å². The molecule has 2 rings (SSSR count). The summed E-state index contributed by atoms with van der Waals surface area (Å²) in [6.45, 7) is 2.46. The largest absolute Gasteiger partial charge is 0.468 e. The summed E-state index contributed by atoms with van der Waals surface area (Å²) < 4.78 is 46.9. The number of ether oxygens (including phenoxy) is 2. The summed E-state index contributed by atoms with van der Waals surface area (Å²) in [4.78, 5) is 7.90. The van der Waals surface area contributed by atoms with Gasteiger partial charge in [-0.1, -0.05) is 0 Å². The maximum atomic E-state index is 12.2. The lowest BCUT2D eigenvalue weighted by atomic mass is 10.0. The lowest BCUT2D eigenvalue weighted by Gasteiger charge is -2.24. The highest BCUT2D eigenvalue weighted by Crippen LogP contribution is 2.23. The molecule has 1 aliphatic rings. The minimum atomic E-state index is -4.39. The Morgan fingerprint density at radius 3 is 2.81 bits per heavy atom. The average Bonchev–Trinajstić information content (AvgIpc) is 3.00. The van der Waals surface area contributed by atoms with Crippen molar-refractivity contribution < 1.29 is 22.6 Å². The van der Waals surface area contributed by atoms with E-state index in [2.05, 4.69) is 25.3 Å². The Labute approximate surface area is 168 Å². The van der Waals surface area contributed by atoms with E-state index >= 15 is 0 Å². The van der Waals surface area contributed by atoms with Crippen LogP contribution in [0.15, 0.2) is 23.3 Å². The van der Waals surface area contributed by atoms with Gasteiger partial charge in [-0.05, 0) is 31.4 Å². The predicted molar refractivity (Wildman–Crippen MR) is 103 cm³/mol. The normalized spacial score (nSPS) is 20.4. The molecule has 1 aliphatic heterocycles. The van der Waals surface area contributed by atoms with Gasteiger partial charge in [-0.2, -0.15) is 13.2 Å². The number of rotatable bonds is 6. The SMILES string of the molecule is CN=C(NCc1ccnc(OCC(F)(F)F)c1)NCC1(C)CCCO1.I. The molecule has 1 saturated heterocycles. The fourth-order valence-corrected chi connectivity index (χ4v) is 2.45. The molecule has 2 heterocycles. The van der Waals surface area contributed by atoms with Crippen LogP contribution in [0, 0.1) is 0 Å². The Kier molecular flexibility index (Phi) is 8.87. The quantitative estimate of drug-likeness (QED) is 0.367. The molecule has 148 valence electrons. The van der Waals surface area contributed by atoms with Crippen molar-refractivity contribution in [3.05, 3.63) is 23.9 Å². The van der Waals surface area contributed by atoms with E-state index in [1.807, 2.05) is 6.92 Å². The van der Waals surface area contributed by atoms with E-state index in [1.165, 1.54) is 12.3 Å². The molecule has 6 nitrogen and oxygen atoms in total. The van der Waals surface area contributed by atoms with Gasteiger partial charge in [0.15, 0.2) is 12.6 Å². The minimum absolute atomic E-state index is 0. The molecule has 0 saturated carbocycles. The first-order valence-corrected chi connectivity index (χ1v) is 8.03. The number of aromatic nitrogens is 1. The Balaban J connectivity index is 0.00000338. The lowest BCUT2D eigenvalue weighted by molar-refractivity contribution is -0.154. The van der Waals surface area contributed by atoms with Crippen LogP contribution in [-0.4, -0.2) is 49.5 Å². The molecule has 1 aromatic heterocycles. The zero-order valence-electron chi connectivity index (χ0n) is 14.7. The van der Waals surface area contributed by atoms with Gasteiger partial charge in [-0.15, -0.1) is 24.0 Å². The molecule has 1 unspecified atom stereocenters. The van der Waals surface area contributed by atoms with Gasteiger partial charge in [0, 0.05) is 39.0 Å². The number of halogens is 4. The number of guanidine groups is 1. The van der Waals surface area contributed by atoms with Crippen molar-refractivity contribution in [1.29, 1.82) is 0 Å². The van der Waals surface area contributed by atoms with Crippen LogP contribution in [0.5, 0.6) is 5.88 Å². The summed E-state index contributed by atoms with van der Waals surface area (Å²) in [6, 6.07) is 3.16. The van der Waals surface area contributed by atoms with E-state index in [0.29, 0.717) is 19.0 Å². The van der Waals surface area contributed by atoms with Crippen LogP contribution in [0.4, 0.5) is 13.2 Å². The summed E-state index contributed by atoms with van der Waals surface area (Å²) in [5.74, 6) is 0.526. The Hall–Kier alpha value is -1.30. The second-order valence-corrected chi connectivity index (χ2v) is 6.09. The van der Waals surface area contributed by atoms with Crippen LogP contribution in [0.25, 0.3) is 0 Å². The van der Waals surface area contributed by atoms with E-state index < -0.39 is 12.8 Å². The van der Waals surface area contributed by atoms with Crippen LogP contribution in [0.1, 0.15) is 25.3 Å². The molecule has 26 heavy (non-hydrogen) atoms. The maximum absolute atomic E-state index is 12.2. The van der Waals surface area contributed by atoms with Crippen LogP contribution in [-0.2, 0) is 11.3 Å². The fraction of sp³-hybridized carbons (Fsp3) is 0.625. The van der Waals surface area contributed by atoms with Crippen molar-refractivity contribution in [3.63, 3.8) is 0 Å². The molecule has 0 spiro atoms. The van der Waals surface area contributed by atoms with Crippen molar-refractivity contribution in [3.8, 4) is 5.88 Å². The Morgan fingerprint density at radius 1 is 1.42 bits per heavy atom. The predicted octanol–water partition coefficient (Wildman–Crippen LogP) is 2.87. The minimum Gasteiger partial charge on any atom is -0.468 e. The highest BCUT2D eigenvalue weighted by Gasteiger charge is 2.30. The number of alkyl halides is 3. The second kappa shape index (κ2) is 10.1.